The van der Waals surface area contributed by atoms with Crippen molar-refractivity contribution in [1.29, 1.82) is 0 Å². The molecular formula is C12H17F3N4O. The van der Waals surface area contributed by atoms with E-state index in [1.54, 1.807) is 0 Å². The molecule has 1 aliphatic carbocycles. The van der Waals surface area contributed by atoms with E-state index in [1.165, 1.54) is 7.05 Å². The molecule has 0 bridgehead atoms. The summed E-state index contributed by atoms with van der Waals surface area (Å²) in [6.07, 6.45) is -2.53. The Morgan fingerprint density at radius 1 is 1.35 bits per heavy atom. The summed E-state index contributed by atoms with van der Waals surface area (Å²) in [6.45, 7) is 0.495. The van der Waals surface area contributed by atoms with Crippen LogP contribution in [0.3, 0.4) is 0 Å². The van der Waals surface area contributed by atoms with Gasteiger partial charge in [-0.1, -0.05) is 0 Å². The number of alkyl halides is 3. The Bertz CT molecular complexity index is 467. The molecule has 1 saturated carbocycles. The smallest absolute Gasteiger partial charge is 0.393 e. The lowest BCUT2D eigenvalue weighted by atomic mass is 10.1. The number of anilines is 2. The van der Waals surface area contributed by atoms with E-state index in [2.05, 4.69) is 20.6 Å². The molecule has 1 aromatic rings. The van der Waals surface area contributed by atoms with Gasteiger partial charge in [-0.15, -0.1) is 0 Å². The van der Waals surface area contributed by atoms with Crippen LogP contribution < -0.4 is 10.6 Å². The minimum absolute atomic E-state index is 0.0752. The van der Waals surface area contributed by atoms with Crippen LogP contribution in [0.25, 0.3) is 0 Å². The lowest BCUT2D eigenvalue weighted by Crippen LogP contribution is -2.16. The van der Waals surface area contributed by atoms with Crippen molar-refractivity contribution in [3.05, 3.63) is 11.8 Å². The number of aromatic nitrogens is 2. The van der Waals surface area contributed by atoms with E-state index < -0.39 is 11.9 Å². The molecule has 20 heavy (non-hydrogen) atoms. The number of nitrogens with one attached hydrogen (secondary N) is 2. The van der Waals surface area contributed by atoms with Gasteiger partial charge in [0.1, 0.15) is 5.82 Å². The molecular weight excluding hydrogens is 273 g/mol. The molecule has 1 aliphatic rings. The van der Waals surface area contributed by atoms with Crippen LogP contribution in [0.5, 0.6) is 0 Å². The van der Waals surface area contributed by atoms with Crippen molar-refractivity contribution < 1.29 is 18.3 Å². The maximum absolute atomic E-state index is 12.7. The zero-order valence-corrected chi connectivity index (χ0v) is 11.0. The molecule has 1 heterocycles. The highest BCUT2D eigenvalue weighted by Crippen LogP contribution is 2.30. The van der Waals surface area contributed by atoms with Gasteiger partial charge < -0.3 is 15.7 Å². The van der Waals surface area contributed by atoms with Crippen molar-refractivity contribution in [1.82, 2.24) is 9.97 Å². The molecule has 0 saturated heterocycles. The Labute approximate surface area is 114 Å². The first-order valence-corrected chi connectivity index (χ1v) is 6.44. The predicted octanol–water partition coefficient (Wildman–Crippen LogP) is 2.11. The van der Waals surface area contributed by atoms with Crippen LogP contribution in [0.2, 0.25) is 0 Å². The molecule has 0 spiro atoms. The van der Waals surface area contributed by atoms with Gasteiger partial charge in [-0.05, 0) is 25.2 Å². The van der Waals surface area contributed by atoms with E-state index in [0.29, 0.717) is 13.0 Å². The number of aliphatic hydroxyl groups is 1. The van der Waals surface area contributed by atoms with Gasteiger partial charge in [0.25, 0.3) is 0 Å². The quantitative estimate of drug-likeness (QED) is 0.792. The van der Waals surface area contributed by atoms with Gasteiger partial charge in [0.2, 0.25) is 5.95 Å². The zero-order chi connectivity index (χ0) is 14.8. The summed E-state index contributed by atoms with van der Waals surface area (Å²) in [5.41, 5.74) is -0.981. The number of nitrogens with zero attached hydrogens (tertiary/aromatic N) is 2. The van der Waals surface area contributed by atoms with Crippen molar-refractivity contribution in [2.24, 2.45) is 5.92 Å². The van der Waals surface area contributed by atoms with E-state index in [0.717, 1.165) is 18.9 Å². The third-order valence-corrected chi connectivity index (χ3v) is 3.33. The summed E-state index contributed by atoms with van der Waals surface area (Å²) in [6, 6.07) is 0.895. The van der Waals surface area contributed by atoms with E-state index in [1.807, 2.05) is 0 Å². The Balaban J connectivity index is 2.07. The summed E-state index contributed by atoms with van der Waals surface area (Å²) in [7, 11) is 1.46. The van der Waals surface area contributed by atoms with E-state index >= 15 is 0 Å². The number of rotatable bonds is 4. The van der Waals surface area contributed by atoms with Crippen LogP contribution in [0.15, 0.2) is 6.07 Å². The monoisotopic (exact) mass is 290 g/mol. The van der Waals surface area contributed by atoms with E-state index in [4.69, 9.17) is 0 Å². The molecule has 5 nitrogen and oxygen atoms in total. The average Bonchev–Trinajstić information content (AvgIpc) is 2.81. The SMILES string of the molecule is CNc1nc(NCC2CCC(O)C2)cc(C(F)(F)F)n1. The van der Waals surface area contributed by atoms with Crippen molar-refractivity contribution in [3.63, 3.8) is 0 Å². The number of hydrogen-bond donors (Lipinski definition) is 3. The third-order valence-electron chi connectivity index (χ3n) is 3.33. The van der Waals surface area contributed by atoms with Gasteiger partial charge in [0, 0.05) is 19.7 Å². The lowest BCUT2D eigenvalue weighted by Gasteiger charge is -2.14. The molecule has 1 fully saturated rings. The molecule has 1 aromatic heterocycles. The van der Waals surface area contributed by atoms with Gasteiger partial charge in [-0.2, -0.15) is 18.2 Å². The number of halogens is 3. The predicted molar refractivity (Wildman–Crippen MR) is 68.4 cm³/mol. The highest BCUT2D eigenvalue weighted by molar-refractivity contribution is 5.42. The van der Waals surface area contributed by atoms with E-state index in [-0.39, 0.29) is 23.8 Å². The second kappa shape index (κ2) is 5.82. The fourth-order valence-corrected chi connectivity index (χ4v) is 2.28. The number of aliphatic hydroxyl groups excluding tert-OH is 1. The Morgan fingerprint density at radius 2 is 2.10 bits per heavy atom. The minimum Gasteiger partial charge on any atom is -0.393 e. The number of hydrogen-bond acceptors (Lipinski definition) is 5. The van der Waals surface area contributed by atoms with Crippen molar-refractivity contribution in [3.8, 4) is 0 Å². The van der Waals surface area contributed by atoms with Crippen LogP contribution in [-0.4, -0.2) is 34.8 Å². The van der Waals surface area contributed by atoms with Crippen LogP contribution in [0.4, 0.5) is 24.9 Å². The maximum atomic E-state index is 12.7. The maximum Gasteiger partial charge on any atom is 0.433 e. The first kappa shape index (κ1) is 14.8. The third kappa shape index (κ3) is 3.72. The van der Waals surface area contributed by atoms with Crippen LogP contribution in [0, 0.1) is 5.92 Å². The van der Waals surface area contributed by atoms with Gasteiger partial charge in [-0.25, -0.2) is 4.98 Å². The lowest BCUT2D eigenvalue weighted by molar-refractivity contribution is -0.141. The molecule has 0 aliphatic heterocycles. The second-order valence-electron chi connectivity index (χ2n) is 4.92. The second-order valence-corrected chi connectivity index (χ2v) is 4.92. The molecule has 8 heteroatoms. The van der Waals surface area contributed by atoms with Crippen molar-refractivity contribution >= 4 is 11.8 Å². The fraction of sp³-hybridized carbons (Fsp3) is 0.667. The van der Waals surface area contributed by atoms with Crippen LogP contribution in [-0.2, 0) is 6.18 Å². The average molecular weight is 290 g/mol. The molecule has 0 amide bonds. The molecule has 2 rings (SSSR count). The zero-order valence-electron chi connectivity index (χ0n) is 11.0. The van der Waals surface area contributed by atoms with E-state index in [9.17, 15) is 18.3 Å². The molecule has 0 radical (unpaired) electrons. The van der Waals surface area contributed by atoms with Gasteiger partial charge in [0.05, 0.1) is 6.10 Å². The summed E-state index contributed by atoms with van der Waals surface area (Å²) >= 11 is 0. The highest BCUT2D eigenvalue weighted by atomic mass is 19.4. The standard InChI is InChI=1S/C12H17F3N4O/c1-16-11-18-9(12(13,14)15)5-10(19-11)17-6-7-2-3-8(20)4-7/h5,7-8,20H,2-4,6H2,1H3,(H2,16,17,18,19). The van der Waals surface area contributed by atoms with Crippen LogP contribution in [0.1, 0.15) is 25.0 Å². The van der Waals surface area contributed by atoms with Crippen molar-refractivity contribution in [2.75, 3.05) is 24.2 Å². The van der Waals surface area contributed by atoms with Gasteiger partial charge >= 0.3 is 6.18 Å². The van der Waals surface area contributed by atoms with Gasteiger partial charge in [0.15, 0.2) is 5.69 Å². The van der Waals surface area contributed by atoms with Gasteiger partial charge in [-0.3, -0.25) is 0 Å². The Kier molecular flexibility index (Phi) is 4.32. The topological polar surface area (TPSA) is 70.1 Å². The minimum atomic E-state index is -4.51. The first-order chi connectivity index (χ1) is 9.38. The molecule has 3 N–H and O–H groups in total. The Morgan fingerprint density at radius 3 is 2.65 bits per heavy atom. The Hall–Kier alpha value is -1.57. The van der Waals surface area contributed by atoms with Crippen LogP contribution >= 0.6 is 0 Å². The fourth-order valence-electron chi connectivity index (χ4n) is 2.28. The highest BCUT2D eigenvalue weighted by Gasteiger charge is 2.33. The molecule has 112 valence electrons. The molecule has 0 aromatic carbocycles. The molecule has 2 unspecified atom stereocenters. The summed E-state index contributed by atoms with van der Waals surface area (Å²) in [4.78, 5) is 7.34. The summed E-state index contributed by atoms with van der Waals surface area (Å²) in [5.74, 6) is 0.319. The summed E-state index contributed by atoms with van der Waals surface area (Å²) < 4.78 is 38.1. The first-order valence-electron chi connectivity index (χ1n) is 6.44. The largest absolute Gasteiger partial charge is 0.433 e. The summed E-state index contributed by atoms with van der Waals surface area (Å²) in [5, 5.41) is 14.8. The van der Waals surface area contributed by atoms with Crippen molar-refractivity contribution in [2.45, 2.75) is 31.5 Å². The molecule has 2 atom stereocenters. The normalized spacial score (nSPS) is 22.9.